The van der Waals surface area contributed by atoms with Gasteiger partial charge < -0.3 is 15.5 Å². The van der Waals surface area contributed by atoms with Crippen molar-refractivity contribution in [3.63, 3.8) is 0 Å². The van der Waals surface area contributed by atoms with Gasteiger partial charge in [0.15, 0.2) is 0 Å². The minimum absolute atomic E-state index is 0.102. The van der Waals surface area contributed by atoms with Crippen LogP contribution < -0.4 is 10.6 Å². The number of fused-ring (bicyclic) bond motifs is 1. The number of likely N-dealkylation sites (tertiary alicyclic amines) is 1. The lowest BCUT2D eigenvalue weighted by Gasteiger charge is -2.46. The molecule has 5 rings (SSSR count). The molecule has 1 spiro atoms. The van der Waals surface area contributed by atoms with E-state index in [0.29, 0.717) is 42.4 Å². The number of hydrogen-bond acceptors (Lipinski definition) is 3. The molecular formula is C22H22ClN3O2. The molecule has 5 nitrogen and oxygen atoms in total. The molecule has 2 aromatic rings. The largest absolute Gasteiger partial charge is 0.362 e. The molecule has 28 heavy (non-hydrogen) atoms. The van der Waals surface area contributed by atoms with Crippen LogP contribution in [0.15, 0.2) is 48.5 Å². The molecule has 2 N–H and O–H groups in total. The van der Waals surface area contributed by atoms with Crippen molar-refractivity contribution >= 4 is 29.1 Å². The maximum absolute atomic E-state index is 12.9. The highest BCUT2D eigenvalue weighted by atomic mass is 35.5. The van der Waals surface area contributed by atoms with E-state index < -0.39 is 5.66 Å². The van der Waals surface area contributed by atoms with Crippen molar-refractivity contribution in [1.29, 1.82) is 0 Å². The molecule has 6 heteroatoms. The predicted molar refractivity (Wildman–Crippen MR) is 108 cm³/mol. The van der Waals surface area contributed by atoms with E-state index in [4.69, 9.17) is 11.6 Å². The predicted octanol–water partition coefficient (Wildman–Crippen LogP) is 3.62. The van der Waals surface area contributed by atoms with Gasteiger partial charge in [-0.1, -0.05) is 48.0 Å². The number of piperidine rings is 1. The van der Waals surface area contributed by atoms with Crippen LogP contribution in [0.4, 0.5) is 5.69 Å². The first-order valence-electron chi connectivity index (χ1n) is 9.79. The lowest BCUT2D eigenvalue weighted by molar-refractivity contribution is -0.134. The summed E-state index contributed by atoms with van der Waals surface area (Å²) in [4.78, 5) is 27.5. The van der Waals surface area contributed by atoms with Gasteiger partial charge in [0.1, 0.15) is 5.66 Å². The first kappa shape index (κ1) is 17.6. The second-order valence-electron chi connectivity index (χ2n) is 8.01. The van der Waals surface area contributed by atoms with Crippen molar-refractivity contribution in [2.45, 2.75) is 30.8 Å². The summed E-state index contributed by atoms with van der Waals surface area (Å²) in [5.74, 6) is 0.552. The molecule has 1 unspecified atom stereocenters. The molecule has 2 amide bonds. The van der Waals surface area contributed by atoms with E-state index in [1.165, 1.54) is 5.56 Å². The summed E-state index contributed by atoms with van der Waals surface area (Å²) in [6, 6.07) is 15.7. The second-order valence-corrected chi connectivity index (χ2v) is 8.42. The summed E-state index contributed by atoms with van der Waals surface area (Å²) in [5, 5.41) is 7.01. The van der Waals surface area contributed by atoms with Crippen molar-refractivity contribution in [3.05, 3.63) is 64.7 Å². The van der Waals surface area contributed by atoms with Crippen molar-refractivity contribution in [2.24, 2.45) is 5.92 Å². The van der Waals surface area contributed by atoms with E-state index in [1.807, 2.05) is 35.2 Å². The van der Waals surface area contributed by atoms with E-state index in [0.717, 1.165) is 12.1 Å². The molecule has 1 saturated carbocycles. The smallest absolute Gasteiger partial charge is 0.256 e. The van der Waals surface area contributed by atoms with Crippen LogP contribution in [0.5, 0.6) is 0 Å². The average Bonchev–Trinajstić information content (AvgIpc) is 3.49. The van der Waals surface area contributed by atoms with E-state index in [9.17, 15) is 9.59 Å². The van der Waals surface area contributed by atoms with Crippen LogP contribution >= 0.6 is 11.6 Å². The molecule has 2 aliphatic heterocycles. The molecule has 0 radical (unpaired) electrons. The lowest BCUT2D eigenvalue weighted by Crippen LogP contribution is -2.62. The number of carbonyl (C=O) groups is 2. The van der Waals surface area contributed by atoms with Gasteiger partial charge in [-0.3, -0.25) is 9.59 Å². The van der Waals surface area contributed by atoms with Gasteiger partial charge in [-0.05, 0) is 30.0 Å². The first-order chi connectivity index (χ1) is 13.6. The molecule has 3 aliphatic rings. The van der Waals surface area contributed by atoms with E-state index >= 15 is 0 Å². The van der Waals surface area contributed by atoms with Crippen molar-refractivity contribution < 1.29 is 9.59 Å². The number of nitrogens with zero attached hydrogens (tertiary/aromatic N) is 1. The number of carbonyl (C=O) groups excluding carboxylic acids is 2. The maximum atomic E-state index is 12.9. The molecule has 1 saturated heterocycles. The normalized spacial score (nSPS) is 24.9. The van der Waals surface area contributed by atoms with Gasteiger partial charge in [-0.2, -0.15) is 0 Å². The highest BCUT2D eigenvalue weighted by Gasteiger charge is 2.48. The Labute approximate surface area is 169 Å². The van der Waals surface area contributed by atoms with Crippen LogP contribution in [0.1, 0.15) is 41.1 Å². The summed E-state index contributed by atoms with van der Waals surface area (Å²) in [7, 11) is 0. The third kappa shape index (κ3) is 2.94. The number of anilines is 1. The Bertz CT molecular complexity index is 938. The van der Waals surface area contributed by atoms with E-state index in [-0.39, 0.29) is 17.7 Å². The Hall–Kier alpha value is -2.53. The van der Waals surface area contributed by atoms with Gasteiger partial charge in [0.05, 0.1) is 16.3 Å². The van der Waals surface area contributed by atoms with Crippen LogP contribution in [0.2, 0.25) is 5.02 Å². The van der Waals surface area contributed by atoms with Gasteiger partial charge in [0.2, 0.25) is 5.91 Å². The summed E-state index contributed by atoms with van der Waals surface area (Å²) in [5.41, 5.74) is 2.01. The number of amides is 2. The molecule has 0 aromatic heterocycles. The molecule has 2 fully saturated rings. The zero-order valence-electron chi connectivity index (χ0n) is 15.5. The minimum atomic E-state index is -0.506. The Balaban J connectivity index is 1.25. The first-order valence-corrected chi connectivity index (χ1v) is 10.2. The summed E-state index contributed by atoms with van der Waals surface area (Å²) in [6.45, 7) is 1.28. The molecule has 1 aliphatic carbocycles. The molecule has 2 heterocycles. The molecule has 2 aromatic carbocycles. The van der Waals surface area contributed by atoms with Crippen molar-refractivity contribution in [2.75, 3.05) is 18.4 Å². The summed E-state index contributed by atoms with van der Waals surface area (Å²) < 4.78 is 0. The number of nitrogens with one attached hydrogen (secondary N) is 2. The van der Waals surface area contributed by atoms with Gasteiger partial charge in [-0.25, -0.2) is 0 Å². The lowest BCUT2D eigenvalue weighted by atomic mass is 9.92. The quantitative estimate of drug-likeness (QED) is 0.816. The topological polar surface area (TPSA) is 61.4 Å². The summed E-state index contributed by atoms with van der Waals surface area (Å²) >= 11 is 6.18. The fourth-order valence-corrected chi connectivity index (χ4v) is 4.82. The highest BCUT2D eigenvalue weighted by Crippen LogP contribution is 2.48. The SMILES string of the molecule is O=C1NC2(CCN(C(=O)C3C[C@H]3c3ccccc3)CC2)Nc2cccc(Cl)c21. The van der Waals surface area contributed by atoms with Gasteiger partial charge in [0, 0.05) is 31.8 Å². The molecular weight excluding hydrogens is 374 g/mol. The van der Waals surface area contributed by atoms with Crippen LogP contribution in [0.25, 0.3) is 0 Å². The second kappa shape index (κ2) is 6.52. The van der Waals surface area contributed by atoms with Crippen LogP contribution in [0.3, 0.4) is 0 Å². The standard InChI is InChI=1S/C22H22ClN3O2/c23-17-7-4-8-18-19(17)20(27)25-22(24-18)9-11-26(12-10-22)21(28)16-13-15(16)14-5-2-1-3-6-14/h1-8,15-16,24H,9-13H2,(H,25,27)/t15-,16?/m0/s1. The van der Waals surface area contributed by atoms with Crippen molar-refractivity contribution in [3.8, 4) is 0 Å². The zero-order valence-corrected chi connectivity index (χ0v) is 16.2. The van der Waals surface area contributed by atoms with Gasteiger partial charge in [0.25, 0.3) is 5.91 Å². The van der Waals surface area contributed by atoms with Crippen LogP contribution in [-0.2, 0) is 4.79 Å². The highest BCUT2D eigenvalue weighted by molar-refractivity contribution is 6.34. The third-order valence-corrected chi connectivity index (χ3v) is 6.55. The maximum Gasteiger partial charge on any atom is 0.256 e. The summed E-state index contributed by atoms with van der Waals surface area (Å²) in [6.07, 6.45) is 2.30. The number of benzene rings is 2. The molecule has 144 valence electrons. The van der Waals surface area contributed by atoms with Crippen LogP contribution in [0, 0.1) is 5.92 Å². The Morgan fingerprint density at radius 2 is 1.79 bits per heavy atom. The van der Waals surface area contributed by atoms with E-state index in [1.54, 1.807) is 6.07 Å². The van der Waals surface area contributed by atoms with Gasteiger partial charge >= 0.3 is 0 Å². The molecule has 0 bridgehead atoms. The van der Waals surface area contributed by atoms with Crippen LogP contribution in [-0.4, -0.2) is 35.5 Å². The van der Waals surface area contributed by atoms with Gasteiger partial charge in [-0.15, -0.1) is 0 Å². The number of halogens is 1. The monoisotopic (exact) mass is 395 g/mol. The fraction of sp³-hybridized carbons (Fsp3) is 0.364. The zero-order chi connectivity index (χ0) is 19.3. The minimum Gasteiger partial charge on any atom is -0.362 e. The average molecular weight is 396 g/mol. The number of hydrogen-bond donors (Lipinski definition) is 2. The van der Waals surface area contributed by atoms with Crippen molar-refractivity contribution in [1.82, 2.24) is 10.2 Å². The third-order valence-electron chi connectivity index (χ3n) is 6.23. The Morgan fingerprint density at radius 1 is 1.04 bits per heavy atom. The van der Waals surface area contributed by atoms with E-state index in [2.05, 4.69) is 22.8 Å². The Morgan fingerprint density at radius 3 is 2.54 bits per heavy atom. The fourth-order valence-electron chi connectivity index (χ4n) is 4.56. The Kier molecular flexibility index (Phi) is 4.09. The number of rotatable bonds is 2. The molecule has 2 atom stereocenters.